The van der Waals surface area contributed by atoms with Crippen molar-refractivity contribution in [3.05, 3.63) is 58.6 Å². The molecule has 2 aromatic carbocycles. The molecule has 2 nitrogen and oxygen atoms in total. The molecular weight excluding hydrogens is 328 g/mol. The Hall–Kier alpha value is -1.19. The van der Waals surface area contributed by atoms with E-state index in [1.54, 1.807) is 14.2 Å². The number of methoxy groups -OCH3 is 2. The van der Waals surface area contributed by atoms with Gasteiger partial charge in [-0.2, -0.15) is 0 Å². The van der Waals surface area contributed by atoms with E-state index in [0.29, 0.717) is 5.02 Å². The third kappa shape index (κ3) is 3.23. The molecule has 0 aliphatic carbocycles. The largest absolute Gasteiger partial charge is 0.497 e. The van der Waals surface area contributed by atoms with Crippen LogP contribution in [0.15, 0.2) is 42.5 Å². The predicted molar refractivity (Wildman–Crippen MR) is 81.8 cm³/mol. The van der Waals surface area contributed by atoms with Gasteiger partial charge in [-0.15, -0.1) is 0 Å². The molecule has 100 valence electrons. The van der Waals surface area contributed by atoms with E-state index >= 15 is 0 Å². The summed E-state index contributed by atoms with van der Waals surface area (Å²) >= 11 is 9.67. The van der Waals surface area contributed by atoms with Crippen molar-refractivity contribution < 1.29 is 9.47 Å². The third-order valence-electron chi connectivity index (χ3n) is 2.88. The maximum Gasteiger partial charge on any atom is 0.125 e. The molecule has 0 radical (unpaired) electrons. The van der Waals surface area contributed by atoms with Crippen LogP contribution in [0.25, 0.3) is 0 Å². The third-order valence-corrected chi connectivity index (χ3v) is 4.13. The van der Waals surface area contributed by atoms with Crippen LogP contribution in [0, 0.1) is 0 Å². The van der Waals surface area contributed by atoms with Gasteiger partial charge >= 0.3 is 0 Å². The SMILES string of the molecule is COc1ccc(C(Br)c2ccc(Cl)cc2OC)cc1. The molecule has 4 heteroatoms. The van der Waals surface area contributed by atoms with E-state index in [2.05, 4.69) is 15.9 Å². The van der Waals surface area contributed by atoms with Crippen LogP contribution in [-0.2, 0) is 0 Å². The summed E-state index contributed by atoms with van der Waals surface area (Å²) in [4.78, 5) is 0.0469. The summed E-state index contributed by atoms with van der Waals surface area (Å²) in [5, 5.41) is 0.662. The van der Waals surface area contributed by atoms with Crippen molar-refractivity contribution in [3.8, 4) is 11.5 Å². The van der Waals surface area contributed by atoms with E-state index in [0.717, 1.165) is 22.6 Å². The van der Waals surface area contributed by atoms with Crippen LogP contribution in [-0.4, -0.2) is 14.2 Å². The zero-order valence-electron chi connectivity index (χ0n) is 10.7. The average molecular weight is 342 g/mol. The van der Waals surface area contributed by atoms with Gasteiger partial charge in [0.15, 0.2) is 0 Å². The quantitative estimate of drug-likeness (QED) is 0.741. The van der Waals surface area contributed by atoms with Crippen molar-refractivity contribution >= 4 is 27.5 Å². The minimum atomic E-state index is 0.0469. The van der Waals surface area contributed by atoms with Gasteiger partial charge in [0.2, 0.25) is 0 Å². The van der Waals surface area contributed by atoms with Crippen LogP contribution < -0.4 is 9.47 Å². The van der Waals surface area contributed by atoms with Gasteiger partial charge in [-0.1, -0.05) is 45.7 Å². The summed E-state index contributed by atoms with van der Waals surface area (Å²) in [7, 11) is 3.30. The monoisotopic (exact) mass is 340 g/mol. The smallest absolute Gasteiger partial charge is 0.125 e. The molecule has 0 N–H and O–H groups in total. The molecule has 0 amide bonds. The summed E-state index contributed by atoms with van der Waals surface area (Å²) in [5.41, 5.74) is 2.17. The van der Waals surface area contributed by atoms with Crippen molar-refractivity contribution in [3.63, 3.8) is 0 Å². The zero-order chi connectivity index (χ0) is 13.8. The van der Waals surface area contributed by atoms with E-state index in [4.69, 9.17) is 21.1 Å². The van der Waals surface area contributed by atoms with E-state index in [9.17, 15) is 0 Å². The van der Waals surface area contributed by atoms with Crippen LogP contribution in [0.3, 0.4) is 0 Å². The van der Waals surface area contributed by atoms with Crippen molar-refractivity contribution in [2.24, 2.45) is 0 Å². The van der Waals surface area contributed by atoms with E-state index < -0.39 is 0 Å². The topological polar surface area (TPSA) is 18.5 Å². The molecule has 0 heterocycles. The number of halogens is 2. The highest BCUT2D eigenvalue weighted by Gasteiger charge is 2.15. The van der Waals surface area contributed by atoms with Crippen molar-refractivity contribution in [2.75, 3.05) is 14.2 Å². The van der Waals surface area contributed by atoms with Gasteiger partial charge in [-0.25, -0.2) is 0 Å². The number of benzene rings is 2. The van der Waals surface area contributed by atoms with E-state index in [-0.39, 0.29) is 4.83 Å². The van der Waals surface area contributed by atoms with Gasteiger partial charge in [0, 0.05) is 10.6 Å². The van der Waals surface area contributed by atoms with Gasteiger partial charge in [0.25, 0.3) is 0 Å². The number of rotatable bonds is 4. The molecule has 0 saturated heterocycles. The lowest BCUT2D eigenvalue weighted by Gasteiger charge is -2.15. The Balaban J connectivity index is 2.34. The van der Waals surface area contributed by atoms with Crippen molar-refractivity contribution in [1.82, 2.24) is 0 Å². The number of ether oxygens (including phenoxy) is 2. The van der Waals surface area contributed by atoms with Gasteiger partial charge in [0.05, 0.1) is 19.0 Å². The van der Waals surface area contributed by atoms with Crippen molar-refractivity contribution in [1.29, 1.82) is 0 Å². The van der Waals surface area contributed by atoms with Gasteiger partial charge in [-0.3, -0.25) is 0 Å². The summed E-state index contributed by atoms with van der Waals surface area (Å²) in [6.07, 6.45) is 0. The van der Waals surface area contributed by atoms with Gasteiger partial charge < -0.3 is 9.47 Å². The summed E-state index contributed by atoms with van der Waals surface area (Å²) in [5.74, 6) is 1.61. The maximum atomic E-state index is 5.97. The molecule has 2 aromatic rings. The van der Waals surface area contributed by atoms with Crippen molar-refractivity contribution in [2.45, 2.75) is 4.83 Å². The molecule has 19 heavy (non-hydrogen) atoms. The molecule has 0 spiro atoms. The first kappa shape index (κ1) is 14.2. The highest BCUT2D eigenvalue weighted by atomic mass is 79.9. The lowest BCUT2D eigenvalue weighted by Crippen LogP contribution is -1.97. The van der Waals surface area contributed by atoms with Gasteiger partial charge in [0.1, 0.15) is 11.5 Å². The summed E-state index contributed by atoms with van der Waals surface area (Å²) in [6.45, 7) is 0. The minimum absolute atomic E-state index is 0.0469. The maximum absolute atomic E-state index is 5.97. The Bertz CT molecular complexity index is 555. The minimum Gasteiger partial charge on any atom is -0.497 e. The van der Waals surface area contributed by atoms with Gasteiger partial charge in [-0.05, 0) is 29.8 Å². The fraction of sp³-hybridized carbons (Fsp3) is 0.200. The second kappa shape index (κ2) is 6.31. The fourth-order valence-corrected chi connectivity index (χ4v) is 2.69. The first-order chi connectivity index (χ1) is 9.15. The molecule has 0 aliphatic rings. The van der Waals surface area contributed by atoms with Crippen LogP contribution in [0.5, 0.6) is 11.5 Å². The molecule has 1 atom stereocenters. The number of hydrogen-bond donors (Lipinski definition) is 0. The molecule has 0 bridgehead atoms. The highest BCUT2D eigenvalue weighted by Crippen LogP contribution is 2.38. The summed E-state index contributed by atoms with van der Waals surface area (Å²) < 4.78 is 10.5. The Labute approximate surface area is 126 Å². The van der Waals surface area contributed by atoms with Crippen LogP contribution >= 0.6 is 27.5 Å². The first-order valence-electron chi connectivity index (χ1n) is 5.77. The standard InChI is InChI=1S/C15H14BrClO2/c1-18-12-6-3-10(4-7-12)15(16)13-8-5-11(17)9-14(13)19-2/h3-9,15H,1-2H3. The Kier molecular flexibility index (Phi) is 4.72. The van der Waals surface area contributed by atoms with E-state index in [1.165, 1.54) is 0 Å². The number of hydrogen-bond acceptors (Lipinski definition) is 2. The molecule has 2 rings (SSSR count). The molecule has 0 saturated carbocycles. The lowest BCUT2D eigenvalue weighted by molar-refractivity contribution is 0.410. The Morgan fingerprint density at radius 3 is 2.26 bits per heavy atom. The molecule has 1 unspecified atom stereocenters. The predicted octanol–water partition coefficient (Wildman–Crippen LogP) is 4.84. The average Bonchev–Trinajstić information content (AvgIpc) is 2.46. The Morgan fingerprint density at radius 2 is 1.68 bits per heavy atom. The number of alkyl halides is 1. The highest BCUT2D eigenvalue weighted by molar-refractivity contribution is 9.09. The van der Waals surface area contributed by atoms with Crippen LogP contribution in [0.4, 0.5) is 0 Å². The molecule has 0 fully saturated rings. The summed E-state index contributed by atoms with van der Waals surface area (Å²) in [6, 6.07) is 13.5. The normalized spacial score (nSPS) is 12.0. The molecule has 0 aromatic heterocycles. The Morgan fingerprint density at radius 1 is 1.00 bits per heavy atom. The molecule has 0 aliphatic heterocycles. The first-order valence-corrected chi connectivity index (χ1v) is 7.06. The zero-order valence-corrected chi connectivity index (χ0v) is 13.0. The van der Waals surface area contributed by atoms with E-state index in [1.807, 2.05) is 42.5 Å². The second-order valence-corrected chi connectivity index (χ2v) is 5.37. The second-order valence-electron chi connectivity index (χ2n) is 4.02. The molecular formula is C15H14BrClO2. The van der Waals surface area contributed by atoms with Crippen LogP contribution in [0.1, 0.15) is 16.0 Å². The fourth-order valence-electron chi connectivity index (χ4n) is 1.85. The van der Waals surface area contributed by atoms with Crippen LogP contribution in [0.2, 0.25) is 5.02 Å². The lowest BCUT2D eigenvalue weighted by atomic mass is 10.0.